The number of nitrogens with one attached hydrogen (secondary N) is 2. The number of carbonyl (C=O) groups excluding carboxylic acids is 2. The van der Waals surface area contributed by atoms with Gasteiger partial charge in [-0.25, -0.2) is 0 Å². The third-order valence-electron chi connectivity index (χ3n) is 6.48. The molecule has 0 aliphatic carbocycles. The smallest absolute Gasteiger partial charge is 0.295 e. The fraction of sp³-hybridized carbons (Fsp3) is 0.143. The summed E-state index contributed by atoms with van der Waals surface area (Å²) in [4.78, 5) is 25.3. The van der Waals surface area contributed by atoms with Crippen LogP contribution in [0.15, 0.2) is 70.5 Å². The SMILES string of the molecule is Cc1cccc(C(=O)Nc2c(C)cc(C)c(C(=O)Nc3ccc(S(=O)(=O)O)c4cccc(S(=O)(=O)O)c34)c2C)c1. The minimum atomic E-state index is -4.86. The molecule has 0 aromatic heterocycles. The topological polar surface area (TPSA) is 167 Å². The first-order chi connectivity index (χ1) is 18.6. The van der Waals surface area contributed by atoms with Crippen LogP contribution in [-0.4, -0.2) is 37.8 Å². The Morgan fingerprint density at radius 3 is 1.98 bits per heavy atom. The van der Waals surface area contributed by atoms with Gasteiger partial charge in [0, 0.05) is 27.6 Å². The van der Waals surface area contributed by atoms with Crippen molar-refractivity contribution in [3.8, 4) is 0 Å². The first-order valence-corrected chi connectivity index (χ1v) is 14.8. The first-order valence-electron chi connectivity index (χ1n) is 11.9. The summed E-state index contributed by atoms with van der Waals surface area (Å²) in [6.07, 6.45) is 0. The maximum absolute atomic E-state index is 13.6. The molecule has 4 aromatic carbocycles. The molecule has 10 nitrogen and oxygen atoms in total. The molecule has 4 aromatic rings. The van der Waals surface area contributed by atoms with Gasteiger partial charge in [-0.15, -0.1) is 0 Å². The molecule has 0 unspecified atom stereocenters. The first kappa shape index (κ1) is 28.9. The number of hydrogen-bond donors (Lipinski definition) is 4. The lowest BCUT2D eigenvalue weighted by atomic mass is 9.96. The van der Waals surface area contributed by atoms with Crippen molar-refractivity contribution >= 4 is 54.2 Å². The van der Waals surface area contributed by atoms with Crippen LogP contribution >= 0.6 is 0 Å². The van der Waals surface area contributed by atoms with E-state index in [-0.39, 0.29) is 27.9 Å². The zero-order chi connectivity index (χ0) is 29.6. The molecule has 4 rings (SSSR count). The number of fused-ring (bicyclic) bond motifs is 1. The number of benzene rings is 4. The second kappa shape index (κ2) is 10.5. The van der Waals surface area contributed by atoms with Gasteiger partial charge in [-0.05, 0) is 74.7 Å². The zero-order valence-electron chi connectivity index (χ0n) is 21.9. The zero-order valence-corrected chi connectivity index (χ0v) is 23.6. The molecule has 2 amide bonds. The van der Waals surface area contributed by atoms with E-state index in [4.69, 9.17) is 0 Å². The molecule has 208 valence electrons. The van der Waals surface area contributed by atoms with Crippen LogP contribution in [-0.2, 0) is 20.2 Å². The van der Waals surface area contributed by atoms with Crippen molar-refractivity contribution < 1.29 is 35.5 Å². The van der Waals surface area contributed by atoms with Crippen LogP contribution < -0.4 is 10.6 Å². The van der Waals surface area contributed by atoms with Crippen molar-refractivity contribution in [1.29, 1.82) is 0 Å². The van der Waals surface area contributed by atoms with E-state index in [0.29, 0.717) is 27.9 Å². The Balaban J connectivity index is 1.83. The third kappa shape index (κ3) is 5.61. The standard InChI is InChI=1S/C28H26N2O8S2/c1-15-7-5-8-19(13-15)27(31)30-26-17(3)14-16(2)24(18(26)4)28(32)29-21-11-12-22(39(33,34)35)20-9-6-10-23(25(20)21)40(36,37)38/h5-14H,1-4H3,(H,29,32)(H,30,31)(H,33,34,35)(H,36,37,38). The average molecular weight is 583 g/mol. The quantitative estimate of drug-likeness (QED) is 0.229. The van der Waals surface area contributed by atoms with E-state index in [9.17, 15) is 35.5 Å². The van der Waals surface area contributed by atoms with Gasteiger partial charge in [0.2, 0.25) is 0 Å². The molecule has 0 saturated carbocycles. The molecular weight excluding hydrogens is 556 g/mol. The molecule has 0 spiro atoms. The van der Waals surface area contributed by atoms with Gasteiger partial charge in [0.25, 0.3) is 32.1 Å². The number of anilines is 2. The van der Waals surface area contributed by atoms with Crippen LogP contribution in [0.5, 0.6) is 0 Å². The van der Waals surface area contributed by atoms with E-state index >= 15 is 0 Å². The summed E-state index contributed by atoms with van der Waals surface area (Å²) in [7, 11) is -9.64. The van der Waals surface area contributed by atoms with Crippen LogP contribution in [0.3, 0.4) is 0 Å². The van der Waals surface area contributed by atoms with Crippen molar-refractivity contribution in [2.75, 3.05) is 10.6 Å². The Morgan fingerprint density at radius 1 is 0.700 bits per heavy atom. The summed E-state index contributed by atoms with van der Waals surface area (Å²) in [6.45, 7) is 7.00. The third-order valence-corrected chi connectivity index (χ3v) is 8.29. The number of amides is 2. The van der Waals surface area contributed by atoms with Gasteiger partial charge in [-0.3, -0.25) is 18.7 Å². The normalized spacial score (nSPS) is 11.8. The Bertz CT molecular complexity index is 1930. The van der Waals surface area contributed by atoms with Crippen molar-refractivity contribution in [3.05, 3.63) is 94.0 Å². The molecule has 4 N–H and O–H groups in total. The second-order valence-corrected chi connectivity index (χ2v) is 12.2. The minimum absolute atomic E-state index is 0.120. The molecule has 40 heavy (non-hydrogen) atoms. The van der Waals surface area contributed by atoms with Gasteiger partial charge in [0.05, 0.1) is 5.69 Å². The molecular formula is C28H26N2O8S2. The summed E-state index contributed by atoms with van der Waals surface area (Å²) in [6, 6.07) is 14.4. The summed E-state index contributed by atoms with van der Waals surface area (Å²) < 4.78 is 67.7. The molecule has 0 saturated heterocycles. The second-order valence-electron chi connectivity index (χ2n) is 9.40. The van der Waals surface area contributed by atoms with Gasteiger partial charge in [-0.1, -0.05) is 35.9 Å². The van der Waals surface area contributed by atoms with E-state index < -0.39 is 35.9 Å². The van der Waals surface area contributed by atoms with Crippen LogP contribution in [0.25, 0.3) is 10.8 Å². The lowest BCUT2D eigenvalue weighted by molar-refractivity contribution is 0.101. The predicted octanol–water partition coefficient (Wildman–Crippen LogP) is 5.07. The highest BCUT2D eigenvalue weighted by molar-refractivity contribution is 7.86. The van der Waals surface area contributed by atoms with E-state index in [1.54, 1.807) is 45.0 Å². The van der Waals surface area contributed by atoms with E-state index in [1.165, 1.54) is 12.1 Å². The van der Waals surface area contributed by atoms with E-state index in [2.05, 4.69) is 10.6 Å². The summed E-state index contributed by atoms with van der Waals surface area (Å²) in [5.74, 6) is -1.04. The van der Waals surface area contributed by atoms with Crippen molar-refractivity contribution in [2.24, 2.45) is 0 Å². The lowest BCUT2D eigenvalue weighted by Gasteiger charge is -2.19. The average Bonchev–Trinajstić information content (AvgIpc) is 2.84. The number of carbonyl (C=O) groups is 2. The summed E-state index contributed by atoms with van der Waals surface area (Å²) in [5, 5.41) is 4.95. The van der Waals surface area contributed by atoms with Crippen molar-refractivity contribution in [2.45, 2.75) is 37.5 Å². The van der Waals surface area contributed by atoms with Gasteiger partial charge in [-0.2, -0.15) is 16.8 Å². The molecule has 12 heteroatoms. The van der Waals surface area contributed by atoms with Crippen LogP contribution in [0, 0.1) is 27.7 Å². The van der Waals surface area contributed by atoms with Crippen molar-refractivity contribution in [3.63, 3.8) is 0 Å². The Morgan fingerprint density at radius 2 is 1.35 bits per heavy atom. The van der Waals surface area contributed by atoms with Gasteiger partial charge >= 0.3 is 0 Å². The number of aryl methyl sites for hydroxylation is 3. The van der Waals surface area contributed by atoms with E-state index in [1.807, 2.05) is 13.0 Å². The van der Waals surface area contributed by atoms with Gasteiger partial charge < -0.3 is 10.6 Å². The summed E-state index contributed by atoms with van der Waals surface area (Å²) in [5.41, 5.74) is 3.57. The van der Waals surface area contributed by atoms with Gasteiger partial charge in [0.15, 0.2) is 0 Å². The van der Waals surface area contributed by atoms with Crippen LogP contribution in [0.1, 0.15) is 43.0 Å². The maximum Gasteiger partial charge on any atom is 0.295 e. The van der Waals surface area contributed by atoms with Crippen LogP contribution in [0.4, 0.5) is 11.4 Å². The van der Waals surface area contributed by atoms with Gasteiger partial charge in [0.1, 0.15) is 9.79 Å². The highest BCUT2D eigenvalue weighted by atomic mass is 32.2. The Labute approximate surface area is 231 Å². The fourth-order valence-corrected chi connectivity index (χ4v) is 6.19. The summed E-state index contributed by atoms with van der Waals surface area (Å²) >= 11 is 0. The lowest BCUT2D eigenvalue weighted by Crippen LogP contribution is -2.19. The fourth-order valence-electron chi connectivity index (χ4n) is 4.77. The Hall–Kier alpha value is -4.10. The monoisotopic (exact) mass is 582 g/mol. The van der Waals surface area contributed by atoms with E-state index in [0.717, 1.165) is 23.8 Å². The Kier molecular flexibility index (Phi) is 7.56. The molecule has 0 atom stereocenters. The number of hydrogen-bond acceptors (Lipinski definition) is 6. The molecule has 0 radical (unpaired) electrons. The molecule has 0 aliphatic rings. The molecule has 0 bridgehead atoms. The molecule has 0 aliphatic heterocycles. The highest BCUT2D eigenvalue weighted by Gasteiger charge is 2.25. The van der Waals surface area contributed by atoms with Crippen molar-refractivity contribution in [1.82, 2.24) is 0 Å². The maximum atomic E-state index is 13.6. The predicted molar refractivity (Wildman–Crippen MR) is 151 cm³/mol. The molecule has 0 fully saturated rings. The van der Waals surface area contributed by atoms with Crippen LogP contribution in [0.2, 0.25) is 0 Å². The minimum Gasteiger partial charge on any atom is -0.321 e. The number of rotatable bonds is 6. The largest absolute Gasteiger partial charge is 0.321 e. The highest BCUT2D eigenvalue weighted by Crippen LogP contribution is 2.35. The molecule has 0 heterocycles.